The molecule has 4 amide bonds. The molecule has 0 bridgehead atoms. The fraction of sp³-hybridized carbons (Fsp3) is 0.333. The monoisotopic (exact) mass is 248 g/mol. The van der Waals surface area contributed by atoms with Gasteiger partial charge in [-0.25, -0.2) is 14.5 Å². The Morgan fingerprint density at radius 3 is 2.33 bits per heavy atom. The van der Waals surface area contributed by atoms with Gasteiger partial charge in [-0.05, 0) is 12.1 Å². The molecular formula is C12H16N4O2. The van der Waals surface area contributed by atoms with Crippen LogP contribution in [0.15, 0.2) is 30.3 Å². The molecule has 6 nitrogen and oxygen atoms in total. The molecule has 0 aliphatic carbocycles. The van der Waals surface area contributed by atoms with Gasteiger partial charge >= 0.3 is 12.1 Å². The summed E-state index contributed by atoms with van der Waals surface area (Å²) in [6.45, 7) is 2.62. The molecule has 0 radical (unpaired) electrons. The number of imide groups is 1. The van der Waals surface area contributed by atoms with Crippen LogP contribution in [0.25, 0.3) is 0 Å². The first-order valence-electron chi connectivity index (χ1n) is 5.84. The van der Waals surface area contributed by atoms with E-state index < -0.39 is 6.03 Å². The first-order valence-corrected chi connectivity index (χ1v) is 5.84. The van der Waals surface area contributed by atoms with Crippen LogP contribution in [0.2, 0.25) is 0 Å². The zero-order chi connectivity index (χ0) is 13.0. The average Bonchev–Trinajstić information content (AvgIpc) is 2.40. The number of carbonyl (C=O) groups excluding carboxylic acids is 2. The summed E-state index contributed by atoms with van der Waals surface area (Å²) in [6.07, 6.45) is 0. The fourth-order valence-corrected chi connectivity index (χ4v) is 1.91. The Labute approximate surface area is 105 Å². The number of rotatable bonds is 1. The van der Waals surface area contributed by atoms with Gasteiger partial charge in [0.05, 0.1) is 5.69 Å². The second-order valence-electron chi connectivity index (χ2n) is 4.03. The van der Waals surface area contributed by atoms with Crippen molar-refractivity contribution in [3.8, 4) is 0 Å². The van der Waals surface area contributed by atoms with Gasteiger partial charge in [0.15, 0.2) is 0 Å². The van der Waals surface area contributed by atoms with Gasteiger partial charge in [-0.3, -0.25) is 0 Å². The van der Waals surface area contributed by atoms with Gasteiger partial charge in [0.25, 0.3) is 0 Å². The number of para-hydroxylation sites is 1. The molecule has 18 heavy (non-hydrogen) atoms. The smallest absolute Gasteiger partial charge is 0.332 e. The van der Waals surface area contributed by atoms with Crippen molar-refractivity contribution < 1.29 is 9.59 Å². The second-order valence-corrected chi connectivity index (χ2v) is 4.03. The Balaban J connectivity index is 2.20. The van der Waals surface area contributed by atoms with Crippen LogP contribution in [-0.2, 0) is 0 Å². The minimum Gasteiger partial charge on any atom is -0.351 e. The third-order valence-electron chi connectivity index (χ3n) is 2.81. The first kappa shape index (κ1) is 12.4. The van der Waals surface area contributed by atoms with Gasteiger partial charge in [-0.1, -0.05) is 18.2 Å². The third-order valence-corrected chi connectivity index (χ3v) is 2.81. The van der Waals surface area contributed by atoms with Crippen molar-refractivity contribution in [3.05, 3.63) is 30.3 Å². The highest BCUT2D eigenvalue weighted by atomic mass is 16.2. The molecule has 0 unspecified atom stereocenters. The van der Waals surface area contributed by atoms with E-state index in [1.807, 2.05) is 6.07 Å². The minimum atomic E-state index is -0.760. The van der Waals surface area contributed by atoms with Crippen LogP contribution in [0.1, 0.15) is 0 Å². The van der Waals surface area contributed by atoms with Gasteiger partial charge in [-0.2, -0.15) is 0 Å². The van der Waals surface area contributed by atoms with E-state index in [0.29, 0.717) is 18.8 Å². The molecule has 1 aromatic rings. The lowest BCUT2D eigenvalue weighted by atomic mass is 10.3. The highest BCUT2D eigenvalue weighted by Gasteiger charge is 2.27. The Kier molecular flexibility index (Phi) is 3.78. The number of urea groups is 2. The van der Waals surface area contributed by atoms with Crippen molar-refractivity contribution in [3.63, 3.8) is 0 Å². The summed E-state index contributed by atoms with van der Waals surface area (Å²) in [5.74, 6) is 0. The number of carbonyl (C=O) groups is 2. The molecule has 3 N–H and O–H groups in total. The molecule has 1 fully saturated rings. The molecule has 0 aromatic heterocycles. The summed E-state index contributed by atoms with van der Waals surface area (Å²) in [5.41, 5.74) is 5.79. The van der Waals surface area contributed by atoms with Crippen molar-refractivity contribution in [1.29, 1.82) is 0 Å². The van der Waals surface area contributed by atoms with Gasteiger partial charge in [0.2, 0.25) is 0 Å². The third kappa shape index (κ3) is 2.60. The van der Waals surface area contributed by atoms with Crippen LogP contribution in [0, 0.1) is 0 Å². The number of primary amides is 1. The molecule has 6 heteroatoms. The van der Waals surface area contributed by atoms with E-state index in [9.17, 15) is 9.59 Å². The van der Waals surface area contributed by atoms with Gasteiger partial charge in [0, 0.05) is 26.2 Å². The zero-order valence-corrected chi connectivity index (χ0v) is 10.0. The molecule has 96 valence electrons. The molecule has 0 saturated carbocycles. The predicted octanol–water partition coefficient (Wildman–Crippen LogP) is 0.597. The zero-order valence-electron chi connectivity index (χ0n) is 10.0. The lowest BCUT2D eigenvalue weighted by Crippen LogP contribution is -2.54. The Hall–Kier alpha value is -2.08. The van der Waals surface area contributed by atoms with Crippen LogP contribution >= 0.6 is 0 Å². The van der Waals surface area contributed by atoms with Crippen LogP contribution in [0.3, 0.4) is 0 Å². The summed E-state index contributed by atoms with van der Waals surface area (Å²) in [6, 6.07) is 7.58. The minimum absolute atomic E-state index is 0.366. The van der Waals surface area contributed by atoms with E-state index in [1.54, 1.807) is 29.2 Å². The quantitative estimate of drug-likeness (QED) is 0.763. The van der Waals surface area contributed by atoms with E-state index >= 15 is 0 Å². The summed E-state index contributed by atoms with van der Waals surface area (Å²) in [4.78, 5) is 26.4. The Morgan fingerprint density at radius 2 is 1.78 bits per heavy atom. The van der Waals surface area contributed by atoms with E-state index in [-0.39, 0.29) is 6.03 Å². The number of nitrogens with two attached hydrogens (primary N) is 1. The van der Waals surface area contributed by atoms with Crippen LogP contribution in [-0.4, -0.2) is 43.1 Å². The van der Waals surface area contributed by atoms with Crippen molar-refractivity contribution in [2.45, 2.75) is 0 Å². The number of piperazine rings is 1. The van der Waals surface area contributed by atoms with Crippen molar-refractivity contribution in [1.82, 2.24) is 10.2 Å². The largest absolute Gasteiger partial charge is 0.351 e. The molecule has 0 spiro atoms. The molecule has 0 atom stereocenters. The summed E-state index contributed by atoms with van der Waals surface area (Å²) < 4.78 is 0. The highest BCUT2D eigenvalue weighted by molar-refractivity contribution is 6.12. The van der Waals surface area contributed by atoms with Gasteiger partial charge < -0.3 is 16.0 Å². The van der Waals surface area contributed by atoms with Gasteiger partial charge in [-0.15, -0.1) is 0 Å². The summed E-state index contributed by atoms with van der Waals surface area (Å²) in [7, 11) is 0. The van der Waals surface area contributed by atoms with Crippen molar-refractivity contribution >= 4 is 17.7 Å². The summed E-state index contributed by atoms with van der Waals surface area (Å²) >= 11 is 0. The number of benzene rings is 1. The lowest BCUT2D eigenvalue weighted by molar-refractivity contribution is 0.196. The molecule has 1 heterocycles. The highest BCUT2D eigenvalue weighted by Crippen LogP contribution is 2.15. The topological polar surface area (TPSA) is 78.7 Å². The molecule has 1 saturated heterocycles. The van der Waals surface area contributed by atoms with E-state index in [0.717, 1.165) is 18.0 Å². The second kappa shape index (κ2) is 5.50. The van der Waals surface area contributed by atoms with Crippen LogP contribution in [0.4, 0.5) is 15.3 Å². The molecule has 2 rings (SSSR count). The van der Waals surface area contributed by atoms with E-state index in [1.165, 1.54) is 0 Å². The Bertz CT molecular complexity index is 429. The number of hydrogen-bond donors (Lipinski definition) is 2. The van der Waals surface area contributed by atoms with Gasteiger partial charge in [0.1, 0.15) is 0 Å². The molecule has 1 aromatic carbocycles. The maximum absolute atomic E-state index is 12.3. The van der Waals surface area contributed by atoms with Crippen molar-refractivity contribution in [2.24, 2.45) is 5.73 Å². The molecule has 1 aliphatic heterocycles. The SMILES string of the molecule is NC(=O)N(C(=O)N1CCNCC1)c1ccccc1. The maximum atomic E-state index is 12.3. The number of nitrogens with one attached hydrogen (secondary N) is 1. The Morgan fingerprint density at radius 1 is 1.17 bits per heavy atom. The van der Waals surface area contributed by atoms with Crippen LogP contribution in [0.5, 0.6) is 0 Å². The van der Waals surface area contributed by atoms with E-state index in [4.69, 9.17) is 5.73 Å². The molecular weight excluding hydrogens is 232 g/mol. The van der Waals surface area contributed by atoms with Crippen LogP contribution < -0.4 is 16.0 Å². The maximum Gasteiger partial charge on any atom is 0.332 e. The normalized spacial score (nSPS) is 15.2. The number of anilines is 1. The molecule has 1 aliphatic rings. The first-order chi connectivity index (χ1) is 8.70. The van der Waals surface area contributed by atoms with Crippen molar-refractivity contribution in [2.75, 3.05) is 31.1 Å². The number of amides is 4. The standard InChI is InChI=1S/C12H16N4O2/c13-11(17)16(10-4-2-1-3-5-10)12(18)15-8-6-14-7-9-15/h1-5,14H,6-9H2,(H2,13,17). The average molecular weight is 248 g/mol. The number of nitrogens with zero attached hydrogens (tertiary/aromatic N) is 2. The predicted molar refractivity (Wildman–Crippen MR) is 68.3 cm³/mol. The lowest BCUT2D eigenvalue weighted by Gasteiger charge is -2.31. The summed E-state index contributed by atoms with van der Waals surface area (Å²) in [5, 5.41) is 3.15. The number of hydrogen-bond acceptors (Lipinski definition) is 3. The fourth-order valence-electron chi connectivity index (χ4n) is 1.91. The van der Waals surface area contributed by atoms with E-state index in [2.05, 4.69) is 5.32 Å².